The van der Waals surface area contributed by atoms with Crippen molar-refractivity contribution >= 4 is 5.97 Å². The fraction of sp³-hybridized carbons (Fsp3) is 0.400. The van der Waals surface area contributed by atoms with E-state index in [1.54, 1.807) is 18.2 Å². The normalized spacial score (nSPS) is 10.2. The Kier molecular flexibility index (Phi) is 3.45. The van der Waals surface area contributed by atoms with E-state index in [4.69, 9.17) is 9.84 Å². The number of aliphatic carboxylic acids is 1. The molecule has 0 radical (unpaired) electrons. The summed E-state index contributed by atoms with van der Waals surface area (Å²) in [7, 11) is 0. The van der Waals surface area contributed by atoms with Gasteiger partial charge in [0.2, 0.25) is 5.88 Å². The summed E-state index contributed by atoms with van der Waals surface area (Å²) in [4.78, 5) is 14.5. The standard InChI is InChI=1S/C10H13NO3/c1-7(2)14-9-5-3-4-8(11-9)6-10(12)13/h3-5,7H,6H2,1-2H3,(H,12,13). The summed E-state index contributed by atoms with van der Waals surface area (Å²) in [5, 5.41) is 8.56. The summed E-state index contributed by atoms with van der Waals surface area (Å²) < 4.78 is 5.33. The van der Waals surface area contributed by atoms with E-state index in [0.29, 0.717) is 11.6 Å². The lowest BCUT2D eigenvalue weighted by Crippen LogP contribution is -2.08. The molecule has 0 spiro atoms. The van der Waals surface area contributed by atoms with Crippen LogP contribution in [-0.2, 0) is 11.2 Å². The number of ether oxygens (including phenoxy) is 1. The van der Waals surface area contributed by atoms with E-state index in [2.05, 4.69) is 4.98 Å². The molecule has 0 saturated carbocycles. The molecular formula is C10H13NO3. The van der Waals surface area contributed by atoms with Crippen molar-refractivity contribution in [2.75, 3.05) is 0 Å². The molecule has 14 heavy (non-hydrogen) atoms. The molecule has 0 saturated heterocycles. The van der Waals surface area contributed by atoms with E-state index in [9.17, 15) is 4.79 Å². The predicted molar refractivity (Wildman–Crippen MR) is 51.3 cm³/mol. The van der Waals surface area contributed by atoms with Gasteiger partial charge >= 0.3 is 5.97 Å². The Morgan fingerprint density at radius 3 is 2.86 bits per heavy atom. The zero-order valence-corrected chi connectivity index (χ0v) is 8.23. The van der Waals surface area contributed by atoms with E-state index in [1.807, 2.05) is 13.8 Å². The van der Waals surface area contributed by atoms with Gasteiger partial charge in [-0.15, -0.1) is 0 Å². The fourth-order valence-electron chi connectivity index (χ4n) is 1.02. The summed E-state index contributed by atoms with van der Waals surface area (Å²) in [6, 6.07) is 5.12. The van der Waals surface area contributed by atoms with Gasteiger partial charge in [0.05, 0.1) is 18.2 Å². The van der Waals surface area contributed by atoms with E-state index < -0.39 is 5.97 Å². The molecule has 0 aromatic carbocycles. The van der Waals surface area contributed by atoms with Crippen LogP contribution in [0.4, 0.5) is 0 Å². The molecule has 1 aromatic heterocycles. The van der Waals surface area contributed by atoms with Crippen molar-refractivity contribution in [1.82, 2.24) is 4.98 Å². The first kappa shape index (κ1) is 10.5. The average molecular weight is 195 g/mol. The summed E-state index contributed by atoms with van der Waals surface area (Å²) in [5.41, 5.74) is 0.510. The van der Waals surface area contributed by atoms with Crippen LogP contribution in [0, 0.1) is 0 Å². The van der Waals surface area contributed by atoms with Crippen LogP contribution in [-0.4, -0.2) is 22.2 Å². The molecule has 0 unspecified atom stereocenters. The van der Waals surface area contributed by atoms with Gasteiger partial charge in [0.1, 0.15) is 0 Å². The van der Waals surface area contributed by atoms with Crippen molar-refractivity contribution in [3.63, 3.8) is 0 Å². The maximum atomic E-state index is 10.4. The molecule has 0 aliphatic carbocycles. The second-order valence-electron chi connectivity index (χ2n) is 3.20. The number of hydrogen-bond donors (Lipinski definition) is 1. The third-order valence-corrected chi connectivity index (χ3v) is 1.47. The largest absolute Gasteiger partial charge is 0.481 e. The first-order valence-corrected chi connectivity index (χ1v) is 4.42. The number of carbonyl (C=O) groups is 1. The lowest BCUT2D eigenvalue weighted by atomic mass is 10.3. The van der Waals surface area contributed by atoms with E-state index in [-0.39, 0.29) is 12.5 Å². The molecule has 0 aliphatic rings. The Balaban J connectivity index is 2.73. The van der Waals surface area contributed by atoms with Crippen molar-refractivity contribution < 1.29 is 14.6 Å². The third kappa shape index (κ3) is 3.43. The molecule has 1 rings (SSSR count). The first-order chi connectivity index (χ1) is 6.58. The molecule has 76 valence electrons. The predicted octanol–water partition coefficient (Wildman–Crippen LogP) is 1.50. The minimum absolute atomic E-state index is 0.0441. The summed E-state index contributed by atoms with van der Waals surface area (Å²) in [6.07, 6.45) is -0.0301. The maximum Gasteiger partial charge on any atom is 0.309 e. The summed E-state index contributed by atoms with van der Waals surface area (Å²) in [5.74, 6) is -0.419. The monoisotopic (exact) mass is 195 g/mol. The average Bonchev–Trinajstić information content (AvgIpc) is 2.01. The molecule has 1 aromatic rings. The first-order valence-electron chi connectivity index (χ1n) is 4.42. The third-order valence-electron chi connectivity index (χ3n) is 1.47. The van der Waals surface area contributed by atoms with Crippen molar-refractivity contribution in [2.24, 2.45) is 0 Å². The summed E-state index contributed by atoms with van der Waals surface area (Å²) >= 11 is 0. The molecule has 1 heterocycles. The Morgan fingerprint density at radius 1 is 1.57 bits per heavy atom. The van der Waals surface area contributed by atoms with Crippen LogP contribution in [0.15, 0.2) is 18.2 Å². The number of aromatic nitrogens is 1. The van der Waals surface area contributed by atoms with Gasteiger partial charge in [0.15, 0.2) is 0 Å². The van der Waals surface area contributed by atoms with E-state index >= 15 is 0 Å². The number of pyridine rings is 1. The van der Waals surface area contributed by atoms with Crippen LogP contribution in [0.2, 0.25) is 0 Å². The van der Waals surface area contributed by atoms with Gasteiger partial charge in [-0.1, -0.05) is 6.07 Å². The number of rotatable bonds is 4. The zero-order valence-electron chi connectivity index (χ0n) is 8.23. The highest BCUT2D eigenvalue weighted by molar-refractivity contribution is 5.69. The van der Waals surface area contributed by atoms with Gasteiger partial charge in [0, 0.05) is 6.07 Å². The van der Waals surface area contributed by atoms with Crippen LogP contribution in [0.3, 0.4) is 0 Å². The van der Waals surface area contributed by atoms with Gasteiger partial charge in [-0.3, -0.25) is 4.79 Å². The van der Waals surface area contributed by atoms with Crippen molar-refractivity contribution in [1.29, 1.82) is 0 Å². The van der Waals surface area contributed by atoms with Crippen LogP contribution in [0.5, 0.6) is 5.88 Å². The molecule has 4 nitrogen and oxygen atoms in total. The van der Waals surface area contributed by atoms with Crippen LogP contribution in [0.1, 0.15) is 19.5 Å². The minimum Gasteiger partial charge on any atom is -0.481 e. The van der Waals surface area contributed by atoms with Gasteiger partial charge in [-0.2, -0.15) is 0 Å². The maximum absolute atomic E-state index is 10.4. The highest BCUT2D eigenvalue weighted by atomic mass is 16.5. The highest BCUT2D eigenvalue weighted by Crippen LogP contribution is 2.09. The molecule has 0 amide bonds. The second kappa shape index (κ2) is 4.60. The Bertz CT molecular complexity index is 323. The molecule has 1 N–H and O–H groups in total. The van der Waals surface area contributed by atoms with Gasteiger partial charge in [-0.25, -0.2) is 4.98 Å². The van der Waals surface area contributed by atoms with Crippen LogP contribution < -0.4 is 4.74 Å². The number of nitrogens with zero attached hydrogens (tertiary/aromatic N) is 1. The number of carboxylic acids is 1. The molecule has 0 atom stereocenters. The number of hydrogen-bond acceptors (Lipinski definition) is 3. The minimum atomic E-state index is -0.890. The van der Waals surface area contributed by atoms with E-state index in [0.717, 1.165) is 0 Å². The van der Waals surface area contributed by atoms with E-state index in [1.165, 1.54) is 0 Å². The number of carboxylic acid groups (broad SMARTS) is 1. The molecule has 4 heteroatoms. The van der Waals surface area contributed by atoms with Gasteiger partial charge in [-0.05, 0) is 19.9 Å². The lowest BCUT2D eigenvalue weighted by Gasteiger charge is -2.08. The Morgan fingerprint density at radius 2 is 2.29 bits per heavy atom. The topological polar surface area (TPSA) is 59.4 Å². The van der Waals surface area contributed by atoms with Crippen molar-refractivity contribution in [3.05, 3.63) is 23.9 Å². The smallest absolute Gasteiger partial charge is 0.309 e. The molecule has 0 aliphatic heterocycles. The van der Waals surface area contributed by atoms with Gasteiger partial charge < -0.3 is 9.84 Å². The van der Waals surface area contributed by atoms with Gasteiger partial charge in [0.25, 0.3) is 0 Å². The quantitative estimate of drug-likeness (QED) is 0.790. The van der Waals surface area contributed by atoms with Crippen molar-refractivity contribution in [3.8, 4) is 5.88 Å². The molecular weight excluding hydrogens is 182 g/mol. The summed E-state index contributed by atoms with van der Waals surface area (Å²) in [6.45, 7) is 3.79. The zero-order chi connectivity index (χ0) is 10.6. The SMILES string of the molecule is CC(C)Oc1cccc(CC(=O)O)n1. The van der Waals surface area contributed by atoms with Crippen LogP contribution >= 0.6 is 0 Å². The fourth-order valence-corrected chi connectivity index (χ4v) is 1.02. The second-order valence-corrected chi connectivity index (χ2v) is 3.20. The van der Waals surface area contributed by atoms with Crippen molar-refractivity contribution in [2.45, 2.75) is 26.4 Å². The Labute approximate surface area is 82.5 Å². The van der Waals surface area contributed by atoms with Crippen LogP contribution in [0.25, 0.3) is 0 Å². The molecule has 0 bridgehead atoms. The lowest BCUT2D eigenvalue weighted by molar-refractivity contribution is -0.136. The molecule has 0 fully saturated rings. The highest BCUT2D eigenvalue weighted by Gasteiger charge is 2.04. The Hall–Kier alpha value is -1.58.